The Kier molecular flexibility index (Phi) is 4.71. The van der Waals surface area contributed by atoms with Crippen LogP contribution in [0.15, 0.2) is 42.5 Å². The van der Waals surface area contributed by atoms with Crippen LogP contribution in [0.5, 0.6) is 0 Å². The third kappa shape index (κ3) is 3.81. The third-order valence-corrected chi connectivity index (χ3v) is 3.45. The van der Waals surface area contributed by atoms with E-state index in [-0.39, 0.29) is 17.5 Å². The Morgan fingerprint density at radius 1 is 1.08 bits per heavy atom. The van der Waals surface area contributed by atoms with E-state index in [1.165, 1.54) is 14.0 Å². The number of halogens is 1. The van der Waals surface area contributed by atoms with Gasteiger partial charge in [-0.05, 0) is 29.8 Å². The number of aryl methyl sites for hydroxylation is 1. The van der Waals surface area contributed by atoms with Crippen LogP contribution in [0.25, 0.3) is 10.8 Å². The van der Waals surface area contributed by atoms with Crippen molar-refractivity contribution in [3.63, 3.8) is 0 Å². The van der Waals surface area contributed by atoms with Gasteiger partial charge >= 0.3 is 6.03 Å². The summed E-state index contributed by atoms with van der Waals surface area (Å²) in [5, 5.41) is 7.23. The van der Waals surface area contributed by atoms with Crippen LogP contribution >= 0.6 is 0 Å². The van der Waals surface area contributed by atoms with Crippen molar-refractivity contribution in [2.45, 2.75) is 6.92 Å². The second-order valence-corrected chi connectivity index (χ2v) is 5.24. The Balaban J connectivity index is 1.75. The van der Waals surface area contributed by atoms with Crippen molar-refractivity contribution in [2.24, 2.45) is 0 Å². The highest BCUT2D eigenvalue weighted by molar-refractivity contribution is 6.00. The molecule has 25 heavy (non-hydrogen) atoms. The summed E-state index contributed by atoms with van der Waals surface area (Å²) in [5.74, 6) is -0.852. The molecule has 1 aromatic heterocycles. The molecule has 0 fully saturated rings. The number of fused-ring (bicyclic) bond motifs is 1. The number of nitrogens with zero attached hydrogens (tertiary/aromatic N) is 2. The smallest absolute Gasteiger partial charge is 0.308 e. The number of carbonyl (C=O) groups excluding carboxylic acids is 1. The molecule has 128 valence electrons. The summed E-state index contributed by atoms with van der Waals surface area (Å²) in [6.45, 7) is 1.46. The maximum absolute atomic E-state index is 13.8. The molecule has 0 atom stereocenters. The van der Waals surface area contributed by atoms with Gasteiger partial charge in [0.15, 0.2) is 11.6 Å². The molecule has 2 amide bonds. The molecule has 0 aliphatic rings. The lowest BCUT2D eigenvalue weighted by atomic mass is 10.1. The zero-order valence-electron chi connectivity index (χ0n) is 13.6. The van der Waals surface area contributed by atoms with E-state index < -0.39 is 11.8 Å². The molecule has 3 N–H and O–H groups in total. The summed E-state index contributed by atoms with van der Waals surface area (Å²) in [7, 11) is 1.33. The molecule has 0 aliphatic heterocycles. The maximum Gasteiger partial charge on any atom is 0.326 e. The molecule has 0 saturated carbocycles. The normalized spacial score (nSPS) is 10.5. The van der Waals surface area contributed by atoms with E-state index in [0.717, 1.165) is 10.8 Å². The van der Waals surface area contributed by atoms with Crippen LogP contribution in [0, 0.1) is 12.7 Å². The molecule has 7 nitrogen and oxygen atoms in total. The fourth-order valence-electron chi connectivity index (χ4n) is 2.31. The lowest BCUT2D eigenvalue weighted by Gasteiger charge is -2.10. The molecule has 3 rings (SSSR count). The van der Waals surface area contributed by atoms with Crippen molar-refractivity contribution in [3.05, 3.63) is 54.0 Å². The van der Waals surface area contributed by atoms with E-state index in [1.807, 2.05) is 36.4 Å². The van der Waals surface area contributed by atoms with Crippen molar-refractivity contribution in [3.8, 4) is 0 Å². The Hall–Kier alpha value is -3.26. The Labute approximate surface area is 143 Å². The molecule has 3 aromatic rings. The van der Waals surface area contributed by atoms with Crippen LogP contribution in [0.4, 0.5) is 26.6 Å². The van der Waals surface area contributed by atoms with E-state index in [1.54, 1.807) is 6.07 Å². The van der Waals surface area contributed by atoms with Gasteiger partial charge in [0.2, 0.25) is 5.95 Å². The largest absolute Gasteiger partial charge is 0.326 e. The molecular weight excluding hydrogens is 325 g/mol. The predicted octanol–water partition coefficient (Wildman–Crippen LogP) is 3.69. The first kappa shape index (κ1) is 16.6. The number of anilines is 3. The molecule has 8 heteroatoms. The van der Waals surface area contributed by atoms with Gasteiger partial charge in [0.05, 0.1) is 12.8 Å². The van der Waals surface area contributed by atoms with Crippen LogP contribution in [0.2, 0.25) is 0 Å². The third-order valence-electron chi connectivity index (χ3n) is 3.45. The molecule has 0 aliphatic carbocycles. The SMILES string of the molecule is CONc1nc(NC(=O)Nc2ccc3ccccc3c2)nc(C)c1F. The van der Waals surface area contributed by atoms with Crippen molar-refractivity contribution < 1.29 is 14.0 Å². The lowest BCUT2D eigenvalue weighted by Crippen LogP contribution is -2.21. The van der Waals surface area contributed by atoms with E-state index >= 15 is 0 Å². The van der Waals surface area contributed by atoms with Gasteiger partial charge < -0.3 is 5.32 Å². The summed E-state index contributed by atoms with van der Waals surface area (Å²) in [6, 6.07) is 12.8. The fraction of sp³-hybridized carbons (Fsp3) is 0.118. The highest BCUT2D eigenvalue weighted by Crippen LogP contribution is 2.19. The molecule has 2 aromatic carbocycles. The summed E-state index contributed by atoms with van der Waals surface area (Å²) < 4.78 is 13.8. The minimum atomic E-state index is -0.651. The number of hydrogen-bond donors (Lipinski definition) is 3. The van der Waals surface area contributed by atoms with Gasteiger partial charge in [0.25, 0.3) is 0 Å². The Morgan fingerprint density at radius 3 is 2.60 bits per heavy atom. The number of hydrogen-bond acceptors (Lipinski definition) is 5. The van der Waals surface area contributed by atoms with Crippen LogP contribution in [-0.4, -0.2) is 23.1 Å². The van der Waals surface area contributed by atoms with Crippen molar-refractivity contribution >= 4 is 34.3 Å². The number of urea groups is 1. The number of amides is 2. The number of rotatable bonds is 4. The van der Waals surface area contributed by atoms with Gasteiger partial charge in [-0.3, -0.25) is 10.2 Å². The number of nitrogens with one attached hydrogen (secondary N) is 3. The number of carbonyl (C=O) groups is 1. The van der Waals surface area contributed by atoms with Gasteiger partial charge in [-0.1, -0.05) is 30.3 Å². The summed E-state index contributed by atoms with van der Waals surface area (Å²) in [4.78, 5) is 24.5. The highest BCUT2D eigenvalue weighted by atomic mass is 19.1. The van der Waals surface area contributed by atoms with Gasteiger partial charge in [-0.2, -0.15) is 4.98 Å². The summed E-state index contributed by atoms with van der Waals surface area (Å²) in [6.07, 6.45) is 0. The molecule has 0 radical (unpaired) electrons. The van der Waals surface area contributed by atoms with E-state index in [9.17, 15) is 9.18 Å². The minimum absolute atomic E-state index is 0.0447. The summed E-state index contributed by atoms with van der Waals surface area (Å²) in [5.41, 5.74) is 3.00. The second kappa shape index (κ2) is 7.10. The van der Waals surface area contributed by atoms with Crippen LogP contribution in [-0.2, 0) is 4.84 Å². The monoisotopic (exact) mass is 341 g/mol. The Morgan fingerprint density at radius 2 is 1.84 bits per heavy atom. The standard InChI is InChI=1S/C17H16FN5O2/c1-10-14(18)15(23-25-2)21-16(19-10)22-17(24)20-13-8-7-11-5-3-4-6-12(11)9-13/h3-9H,1-2H3,(H3,19,20,21,22,23,24). The van der Waals surface area contributed by atoms with Crippen molar-refractivity contribution in [2.75, 3.05) is 23.2 Å². The zero-order valence-corrected chi connectivity index (χ0v) is 13.6. The van der Waals surface area contributed by atoms with Gasteiger partial charge in [-0.15, -0.1) is 0 Å². The van der Waals surface area contributed by atoms with Crippen molar-refractivity contribution in [1.29, 1.82) is 0 Å². The van der Waals surface area contributed by atoms with E-state index in [4.69, 9.17) is 0 Å². The molecule has 0 saturated heterocycles. The quantitative estimate of drug-likeness (QED) is 0.630. The van der Waals surface area contributed by atoms with Crippen LogP contribution in [0.1, 0.15) is 5.69 Å². The predicted molar refractivity (Wildman–Crippen MR) is 93.9 cm³/mol. The zero-order chi connectivity index (χ0) is 17.8. The molecule has 0 unspecified atom stereocenters. The average molecular weight is 341 g/mol. The van der Waals surface area contributed by atoms with Crippen LogP contribution < -0.4 is 16.1 Å². The number of benzene rings is 2. The first-order valence-electron chi connectivity index (χ1n) is 7.47. The summed E-state index contributed by atoms with van der Waals surface area (Å²) >= 11 is 0. The molecule has 0 bridgehead atoms. The van der Waals surface area contributed by atoms with Crippen LogP contribution in [0.3, 0.4) is 0 Å². The van der Waals surface area contributed by atoms with E-state index in [0.29, 0.717) is 5.69 Å². The topological polar surface area (TPSA) is 88.2 Å². The Bertz CT molecular complexity index is 932. The van der Waals surface area contributed by atoms with Gasteiger partial charge in [-0.25, -0.2) is 19.6 Å². The highest BCUT2D eigenvalue weighted by Gasteiger charge is 2.13. The lowest BCUT2D eigenvalue weighted by molar-refractivity contribution is 0.261. The van der Waals surface area contributed by atoms with E-state index in [2.05, 4.69) is 30.9 Å². The molecular formula is C17H16FN5O2. The average Bonchev–Trinajstić information content (AvgIpc) is 2.59. The first-order valence-corrected chi connectivity index (χ1v) is 7.47. The minimum Gasteiger partial charge on any atom is -0.308 e. The number of aromatic nitrogens is 2. The van der Waals surface area contributed by atoms with Gasteiger partial charge in [0.1, 0.15) is 0 Å². The molecule has 0 spiro atoms. The first-order chi connectivity index (χ1) is 12.1. The molecule has 1 heterocycles. The maximum atomic E-state index is 13.8. The van der Waals surface area contributed by atoms with Gasteiger partial charge in [0, 0.05) is 5.69 Å². The van der Waals surface area contributed by atoms with Crippen molar-refractivity contribution in [1.82, 2.24) is 9.97 Å². The second-order valence-electron chi connectivity index (χ2n) is 5.24. The fourth-order valence-corrected chi connectivity index (χ4v) is 2.31.